The van der Waals surface area contributed by atoms with E-state index in [9.17, 15) is 4.79 Å². The fraction of sp³-hybridized carbons (Fsp3) is 0.235. The van der Waals surface area contributed by atoms with Gasteiger partial charge in [-0.2, -0.15) is 0 Å². The lowest BCUT2D eigenvalue weighted by molar-refractivity contribution is 0.0961. The number of aliphatic hydroxyl groups excluding tert-OH is 1. The molecule has 0 saturated carbocycles. The van der Waals surface area contributed by atoms with E-state index < -0.39 is 6.09 Å². The smallest absolute Gasteiger partial charge is 0.407 e. The number of amides is 1. The van der Waals surface area contributed by atoms with Crippen molar-refractivity contribution in [3.05, 3.63) is 64.5 Å². The summed E-state index contributed by atoms with van der Waals surface area (Å²) in [7, 11) is 0. The molecular weight excluding hydrogens is 282 g/mol. The van der Waals surface area contributed by atoms with Gasteiger partial charge in [0.15, 0.2) is 0 Å². The molecule has 114 valence electrons. The van der Waals surface area contributed by atoms with Crippen LogP contribution in [-0.2, 0) is 11.3 Å². The molecular formula is C17H17NO4. The second-order valence-electron chi connectivity index (χ2n) is 5.08. The van der Waals surface area contributed by atoms with E-state index in [2.05, 4.69) is 40.4 Å². The minimum absolute atomic E-state index is 0.0985. The van der Waals surface area contributed by atoms with E-state index in [1.165, 1.54) is 16.0 Å². The molecule has 1 amide bonds. The van der Waals surface area contributed by atoms with Crippen molar-refractivity contribution in [2.75, 3.05) is 13.2 Å². The second kappa shape index (κ2) is 6.49. The number of cyclic esters (lactones) is 1. The number of rotatable bonds is 4. The maximum absolute atomic E-state index is 10.2. The van der Waals surface area contributed by atoms with Crippen LogP contribution in [0.5, 0.6) is 5.75 Å². The third-order valence-corrected chi connectivity index (χ3v) is 3.48. The third-order valence-electron chi connectivity index (χ3n) is 3.48. The Hall–Kier alpha value is -2.53. The van der Waals surface area contributed by atoms with Gasteiger partial charge in [-0.05, 0) is 16.8 Å². The number of carbonyl (C=O) groups is 1. The minimum Gasteiger partial charge on any atom is -0.488 e. The highest BCUT2D eigenvalue weighted by atomic mass is 16.6. The number of benzene rings is 2. The first kappa shape index (κ1) is 14.4. The van der Waals surface area contributed by atoms with E-state index in [0.717, 1.165) is 5.75 Å². The van der Waals surface area contributed by atoms with Crippen LogP contribution in [0.15, 0.2) is 48.5 Å². The van der Waals surface area contributed by atoms with Gasteiger partial charge in [-0.15, -0.1) is 0 Å². The number of carbonyl (C=O) groups excluding carboxylic acids is 1. The summed E-state index contributed by atoms with van der Waals surface area (Å²) in [4.78, 5) is 10.2. The molecule has 5 nitrogen and oxygen atoms in total. The van der Waals surface area contributed by atoms with Crippen molar-refractivity contribution in [3.63, 3.8) is 0 Å². The largest absolute Gasteiger partial charge is 0.488 e. The van der Waals surface area contributed by atoms with Crippen molar-refractivity contribution in [1.29, 1.82) is 0 Å². The van der Waals surface area contributed by atoms with Crippen molar-refractivity contribution >= 4 is 6.09 Å². The molecule has 0 spiro atoms. The molecule has 3 aliphatic rings. The quantitative estimate of drug-likeness (QED) is 0.773. The molecule has 1 heterocycles. The Bertz CT molecular complexity index is 745. The minimum atomic E-state index is -0.441. The molecule has 1 unspecified atom stereocenters. The highest BCUT2D eigenvalue weighted by Gasteiger charge is 2.20. The molecule has 5 heteroatoms. The maximum atomic E-state index is 10.2. The van der Waals surface area contributed by atoms with E-state index in [-0.39, 0.29) is 12.7 Å². The zero-order valence-electron chi connectivity index (χ0n) is 12.0. The number of nitrogens with one attached hydrogen (secondary N) is 1. The Morgan fingerprint density at radius 2 is 2.05 bits per heavy atom. The zero-order valence-corrected chi connectivity index (χ0v) is 12.0. The first-order valence-corrected chi connectivity index (χ1v) is 7.13. The molecule has 4 rings (SSSR count). The van der Waals surface area contributed by atoms with Crippen LogP contribution in [0.2, 0.25) is 0 Å². The summed E-state index contributed by atoms with van der Waals surface area (Å²) >= 11 is 0. The molecule has 22 heavy (non-hydrogen) atoms. The number of aliphatic hydroxyl groups is 1. The van der Waals surface area contributed by atoms with Crippen molar-refractivity contribution in [1.82, 2.24) is 5.32 Å². The average molecular weight is 299 g/mol. The van der Waals surface area contributed by atoms with Gasteiger partial charge in [0.2, 0.25) is 0 Å². The molecule has 1 aromatic rings. The second-order valence-corrected chi connectivity index (χ2v) is 5.08. The molecule has 1 aromatic carbocycles. The Kier molecular flexibility index (Phi) is 4.25. The van der Waals surface area contributed by atoms with E-state index >= 15 is 0 Å². The van der Waals surface area contributed by atoms with E-state index in [4.69, 9.17) is 9.84 Å². The number of alkyl carbamates (subject to hydrolysis) is 1. The number of hydrogen-bond donors (Lipinski definition) is 2. The van der Waals surface area contributed by atoms with Gasteiger partial charge in [-0.3, -0.25) is 0 Å². The summed E-state index contributed by atoms with van der Waals surface area (Å²) < 4.78 is 10.2. The van der Waals surface area contributed by atoms with Gasteiger partial charge in [0.25, 0.3) is 0 Å². The monoisotopic (exact) mass is 299 g/mol. The van der Waals surface area contributed by atoms with Crippen LogP contribution >= 0.6 is 0 Å². The van der Waals surface area contributed by atoms with Crippen LogP contribution in [0, 0.1) is 10.4 Å². The van der Waals surface area contributed by atoms with Crippen molar-refractivity contribution in [2.45, 2.75) is 12.7 Å². The Morgan fingerprint density at radius 1 is 1.23 bits per heavy atom. The number of hydrogen-bond acceptors (Lipinski definition) is 4. The maximum Gasteiger partial charge on any atom is 0.407 e. The molecule has 0 bridgehead atoms. The highest BCUT2D eigenvalue weighted by molar-refractivity contribution is 5.69. The van der Waals surface area contributed by atoms with Gasteiger partial charge >= 0.3 is 6.09 Å². The predicted octanol–water partition coefficient (Wildman–Crippen LogP) is 1.95. The fourth-order valence-corrected chi connectivity index (χ4v) is 2.14. The molecule has 2 N–H and O–H groups in total. The Morgan fingerprint density at radius 3 is 2.50 bits per heavy atom. The molecule has 1 aliphatic heterocycles. The summed E-state index contributed by atoms with van der Waals surface area (Å²) in [6.07, 6.45) is -0.772. The third kappa shape index (κ3) is 3.20. The van der Waals surface area contributed by atoms with E-state index in [0.29, 0.717) is 13.2 Å². The molecule has 1 saturated heterocycles. The van der Waals surface area contributed by atoms with Crippen LogP contribution in [-0.4, -0.2) is 30.5 Å². The molecule has 1 fully saturated rings. The average Bonchev–Trinajstić information content (AvgIpc) is 2.96. The molecule has 0 radical (unpaired) electrons. The summed E-state index contributed by atoms with van der Waals surface area (Å²) in [5.74, 6) is 1.03. The van der Waals surface area contributed by atoms with E-state index in [1.54, 1.807) is 0 Å². The zero-order chi connectivity index (χ0) is 15.4. The lowest BCUT2D eigenvalue weighted by atomic mass is 10.1. The predicted molar refractivity (Wildman–Crippen MR) is 80.2 cm³/mol. The Balaban J connectivity index is 0.000000154. The lowest BCUT2D eigenvalue weighted by Gasteiger charge is -2.12. The normalized spacial score (nSPS) is 17.0. The Labute approximate surface area is 127 Å². The van der Waals surface area contributed by atoms with Crippen LogP contribution < -0.4 is 10.1 Å². The van der Waals surface area contributed by atoms with Crippen molar-refractivity contribution in [3.8, 4) is 5.75 Å². The first-order valence-electron chi connectivity index (χ1n) is 7.13. The topological polar surface area (TPSA) is 67.8 Å². The fourth-order valence-electron chi connectivity index (χ4n) is 2.14. The van der Waals surface area contributed by atoms with Gasteiger partial charge in [-0.1, -0.05) is 42.5 Å². The van der Waals surface area contributed by atoms with Gasteiger partial charge in [-0.25, -0.2) is 4.79 Å². The van der Waals surface area contributed by atoms with Gasteiger partial charge in [0.05, 0.1) is 13.2 Å². The summed E-state index contributed by atoms with van der Waals surface area (Å²) in [6.45, 7) is 0.991. The highest BCUT2D eigenvalue weighted by Crippen LogP contribution is 2.24. The van der Waals surface area contributed by atoms with Gasteiger partial charge < -0.3 is 19.9 Å². The van der Waals surface area contributed by atoms with Crippen LogP contribution in [0.1, 0.15) is 5.56 Å². The standard InChI is InChI=1S/C13H10O.C4H7NO3/c1-2-4-10(5-3-1)9-14-13-8-11-6-7-12(11)13;6-2-3-1-5-4(7)8-3/h1-8H,9H2;3,6H,1-2H2,(H,5,7). The summed E-state index contributed by atoms with van der Waals surface area (Å²) in [6, 6.07) is 16.5. The van der Waals surface area contributed by atoms with Crippen molar-refractivity contribution < 1.29 is 19.4 Å². The molecule has 2 aliphatic carbocycles. The summed E-state index contributed by atoms with van der Waals surface area (Å²) in [5, 5.41) is 13.4. The molecule has 1 atom stereocenters. The van der Waals surface area contributed by atoms with Crippen LogP contribution in [0.4, 0.5) is 4.79 Å². The molecule has 0 aromatic heterocycles. The summed E-state index contributed by atoms with van der Waals surface area (Å²) in [5.41, 5.74) is 1.21. The number of ether oxygens (including phenoxy) is 2. The van der Waals surface area contributed by atoms with E-state index in [1.807, 2.05) is 18.2 Å². The van der Waals surface area contributed by atoms with Crippen molar-refractivity contribution in [2.24, 2.45) is 0 Å². The first-order chi connectivity index (χ1) is 10.8. The van der Waals surface area contributed by atoms with Gasteiger partial charge in [0.1, 0.15) is 18.5 Å². The van der Waals surface area contributed by atoms with Crippen LogP contribution in [0.3, 0.4) is 0 Å². The lowest BCUT2D eigenvalue weighted by Crippen LogP contribution is -2.17. The SMILES string of the molecule is O=C1NCC(CO)O1.c1ccc(COc2cc3ccc2=3)cc1. The van der Waals surface area contributed by atoms with Gasteiger partial charge in [0, 0.05) is 5.22 Å². The van der Waals surface area contributed by atoms with Crippen LogP contribution in [0.25, 0.3) is 0 Å².